The first kappa shape index (κ1) is 25.2. The van der Waals surface area contributed by atoms with Crippen molar-refractivity contribution >= 4 is 52.1 Å². The second-order valence-corrected chi connectivity index (χ2v) is 8.57. The lowest BCUT2D eigenvalue weighted by molar-refractivity contribution is 0.102. The monoisotopic (exact) mass is 460 g/mol. The Kier molecular flexibility index (Phi) is 9.38. The van der Waals surface area contributed by atoms with E-state index in [4.69, 9.17) is 5.73 Å². The van der Waals surface area contributed by atoms with Crippen LogP contribution in [-0.2, 0) is 10.0 Å². The Hall–Kier alpha value is -1.84. The van der Waals surface area contributed by atoms with Gasteiger partial charge < -0.3 is 16.0 Å². The van der Waals surface area contributed by atoms with Crippen LogP contribution in [0.4, 0.5) is 11.4 Å². The molecule has 0 unspecified atom stereocenters. The van der Waals surface area contributed by atoms with Gasteiger partial charge in [0.05, 0.1) is 10.5 Å². The highest BCUT2D eigenvalue weighted by Gasteiger charge is 2.26. The SMILES string of the molecule is CN1CCCN(S(=O)(=O)c2cccc(NC(=O)c3ccccc3N)c2)CC1.Cl.Cl. The van der Waals surface area contributed by atoms with Gasteiger partial charge in [0.2, 0.25) is 10.0 Å². The number of nitrogens with two attached hydrogens (primary N) is 1. The average molecular weight is 461 g/mol. The highest BCUT2D eigenvalue weighted by molar-refractivity contribution is 7.89. The molecule has 160 valence electrons. The van der Waals surface area contributed by atoms with Crippen LogP contribution in [0.25, 0.3) is 0 Å². The highest BCUT2D eigenvalue weighted by Crippen LogP contribution is 2.22. The standard InChI is InChI=1S/C19H24N4O3S.2ClH/c1-22-10-5-11-23(13-12-22)27(25,26)16-7-4-6-15(14-16)21-19(24)17-8-2-3-9-18(17)20;;/h2-4,6-9,14H,5,10-13,20H2,1H3,(H,21,24);2*1H. The first-order valence-corrected chi connectivity index (χ1v) is 10.3. The van der Waals surface area contributed by atoms with Crippen molar-refractivity contribution < 1.29 is 13.2 Å². The second-order valence-electron chi connectivity index (χ2n) is 6.63. The van der Waals surface area contributed by atoms with E-state index in [1.165, 1.54) is 10.4 Å². The lowest BCUT2D eigenvalue weighted by atomic mass is 10.1. The van der Waals surface area contributed by atoms with Gasteiger partial charge in [-0.25, -0.2) is 8.42 Å². The van der Waals surface area contributed by atoms with Crippen molar-refractivity contribution in [3.8, 4) is 0 Å². The number of hydrogen-bond acceptors (Lipinski definition) is 5. The lowest BCUT2D eigenvalue weighted by Gasteiger charge is -2.20. The number of halogens is 2. The molecule has 1 aliphatic rings. The fourth-order valence-electron chi connectivity index (χ4n) is 3.05. The smallest absolute Gasteiger partial charge is 0.257 e. The van der Waals surface area contributed by atoms with Gasteiger partial charge in [-0.2, -0.15) is 4.31 Å². The number of nitrogens with zero attached hydrogens (tertiary/aromatic N) is 2. The van der Waals surface area contributed by atoms with Crippen molar-refractivity contribution in [3.63, 3.8) is 0 Å². The maximum Gasteiger partial charge on any atom is 0.257 e. The molecule has 7 nitrogen and oxygen atoms in total. The summed E-state index contributed by atoms with van der Waals surface area (Å²) in [6.45, 7) is 2.52. The molecule has 0 radical (unpaired) electrons. The molecule has 1 saturated heterocycles. The van der Waals surface area contributed by atoms with E-state index in [1.54, 1.807) is 42.5 Å². The Morgan fingerprint density at radius 1 is 1.00 bits per heavy atom. The third kappa shape index (κ3) is 6.07. The molecule has 3 rings (SSSR count). The molecule has 1 amide bonds. The molecule has 10 heteroatoms. The summed E-state index contributed by atoms with van der Waals surface area (Å²) in [6.07, 6.45) is 0.791. The van der Waals surface area contributed by atoms with Gasteiger partial charge >= 0.3 is 0 Å². The molecule has 0 aliphatic carbocycles. The van der Waals surface area contributed by atoms with Crippen LogP contribution in [0.2, 0.25) is 0 Å². The number of nitrogens with one attached hydrogen (secondary N) is 1. The van der Waals surface area contributed by atoms with E-state index in [0.717, 1.165) is 13.0 Å². The Morgan fingerprint density at radius 3 is 2.45 bits per heavy atom. The molecule has 0 bridgehead atoms. The summed E-state index contributed by atoms with van der Waals surface area (Å²) in [6, 6.07) is 13.1. The van der Waals surface area contributed by atoms with Gasteiger partial charge in [0, 0.05) is 31.0 Å². The zero-order valence-corrected chi connectivity index (χ0v) is 18.5. The Labute approximate surface area is 184 Å². The van der Waals surface area contributed by atoms with Crippen LogP contribution >= 0.6 is 24.8 Å². The summed E-state index contributed by atoms with van der Waals surface area (Å²) in [5.74, 6) is -0.376. The minimum absolute atomic E-state index is 0. The minimum atomic E-state index is -3.61. The van der Waals surface area contributed by atoms with E-state index in [1.807, 2.05) is 7.05 Å². The number of carbonyl (C=O) groups is 1. The van der Waals surface area contributed by atoms with Crippen molar-refractivity contribution in [1.82, 2.24) is 9.21 Å². The highest BCUT2D eigenvalue weighted by atomic mass is 35.5. The summed E-state index contributed by atoms with van der Waals surface area (Å²) in [5, 5.41) is 2.72. The maximum atomic E-state index is 13.0. The molecule has 2 aromatic carbocycles. The van der Waals surface area contributed by atoms with E-state index in [2.05, 4.69) is 10.2 Å². The van der Waals surface area contributed by atoms with Gasteiger partial charge in [-0.05, 0) is 50.3 Å². The molecule has 1 aliphatic heterocycles. The molecular formula is C19H26Cl2N4O3S. The number of benzene rings is 2. The molecule has 2 aromatic rings. The summed E-state index contributed by atoms with van der Waals surface area (Å²) < 4.78 is 27.5. The molecule has 29 heavy (non-hydrogen) atoms. The van der Waals surface area contributed by atoms with E-state index in [9.17, 15) is 13.2 Å². The molecule has 3 N–H and O–H groups in total. The van der Waals surface area contributed by atoms with Crippen LogP contribution < -0.4 is 11.1 Å². The fraction of sp³-hybridized carbons (Fsp3) is 0.316. The zero-order valence-electron chi connectivity index (χ0n) is 16.1. The number of hydrogen-bond donors (Lipinski definition) is 2. The predicted octanol–water partition coefficient (Wildman–Crippen LogP) is 2.69. The third-order valence-corrected chi connectivity index (χ3v) is 6.51. The van der Waals surface area contributed by atoms with Crippen LogP contribution in [0, 0.1) is 0 Å². The van der Waals surface area contributed by atoms with Crippen molar-refractivity contribution in [3.05, 3.63) is 54.1 Å². The summed E-state index contributed by atoms with van der Waals surface area (Å²) in [5.41, 5.74) is 6.96. The van der Waals surface area contributed by atoms with E-state index < -0.39 is 10.0 Å². The normalized spacial score (nSPS) is 15.5. The average Bonchev–Trinajstić information content (AvgIpc) is 2.87. The summed E-state index contributed by atoms with van der Waals surface area (Å²) in [4.78, 5) is 14.7. The second kappa shape index (κ2) is 10.8. The van der Waals surface area contributed by atoms with Gasteiger partial charge in [0.15, 0.2) is 0 Å². The van der Waals surface area contributed by atoms with Crippen molar-refractivity contribution in [2.75, 3.05) is 44.3 Å². The van der Waals surface area contributed by atoms with E-state index in [0.29, 0.717) is 36.6 Å². The number of likely N-dealkylation sites (N-methyl/N-ethyl adjacent to an activating group) is 1. The van der Waals surface area contributed by atoms with Crippen LogP contribution in [0.5, 0.6) is 0 Å². The van der Waals surface area contributed by atoms with Gasteiger partial charge in [0.25, 0.3) is 5.91 Å². The van der Waals surface area contributed by atoms with Gasteiger partial charge in [-0.3, -0.25) is 4.79 Å². The quantitative estimate of drug-likeness (QED) is 0.683. The van der Waals surface area contributed by atoms with Crippen LogP contribution in [0.1, 0.15) is 16.8 Å². The molecule has 1 heterocycles. The number of para-hydroxylation sites is 1. The number of anilines is 2. The van der Waals surface area contributed by atoms with Crippen molar-refractivity contribution in [2.24, 2.45) is 0 Å². The van der Waals surface area contributed by atoms with E-state index >= 15 is 0 Å². The van der Waals surface area contributed by atoms with E-state index in [-0.39, 0.29) is 35.6 Å². The van der Waals surface area contributed by atoms with Gasteiger partial charge in [-0.1, -0.05) is 18.2 Å². The Balaban J connectivity index is 0.00000210. The molecular weight excluding hydrogens is 435 g/mol. The number of carbonyl (C=O) groups excluding carboxylic acids is 1. The summed E-state index contributed by atoms with van der Waals surface area (Å²) in [7, 11) is -1.62. The lowest BCUT2D eigenvalue weighted by Crippen LogP contribution is -2.34. The number of sulfonamides is 1. The first-order valence-electron chi connectivity index (χ1n) is 8.82. The van der Waals surface area contributed by atoms with Crippen LogP contribution in [0.15, 0.2) is 53.4 Å². The van der Waals surface area contributed by atoms with Gasteiger partial charge in [-0.15, -0.1) is 24.8 Å². The zero-order chi connectivity index (χ0) is 19.4. The van der Waals surface area contributed by atoms with Crippen LogP contribution in [-0.4, -0.2) is 56.8 Å². The molecule has 0 saturated carbocycles. The Morgan fingerprint density at radius 2 is 1.72 bits per heavy atom. The largest absolute Gasteiger partial charge is 0.398 e. The molecule has 0 atom stereocenters. The molecule has 0 aromatic heterocycles. The van der Waals surface area contributed by atoms with Crippen LogP contribution in [0.3, 0.4) is 0 Å². The number of rotatable bonds is 4. The third-order valence-electron chi connectivity index (χ3n) is 4.61. The summed E-state index contributed by atoms with van der Waals surface area (Å²) >= 11 is 0. The predicted molar refractivity (Wildman–Crippen MR) is 121 cm³/mol. The van der Waals surface area contributed by atoms with Gasteiger partial charge in [0.1, 0.15) is 0 Å². The fourth-order valence-corrected chi connectivity index (χ4v) is 4.56. The molecule has 0 spiro atoms. The molecule has 1 fully saturated rings. The van der Waals surface area contributed by atoms with Crippen molar-refractivity contribution in [2.45, 2.75) is 11.3 Å². The Bertz CT molecular complexity index is 941. The number of amides is 1. The maximum absolute atomic E-state index is 13.0. The topological polar surface area (TPSA) is 95.7 Å². The first-order chi connectivity index (χ1) is 12.9. The van der Waals surface area contributed by atoms with Crippen molar-refractivity contribution in [1.29, 1.82) is 0 Å². The minimum Gasteiger partial charge on any atom is -0.398 e. The number of nitrogen functional groups attached to an aromatic ring is 1.